The topological polar surface area (TPSA) is 71.0 Å². The molecular weight excluding hydrogens is 305 g/mol. The molecule has 1 aromatic rings. The number of aliphatic hydroxyl groups is 2. The number of benzene rings is 1. The van der Waals surface area contributed by atoms with Crippen molar-refractivity contribution in [1.29, 1.82) is 0 Å². The number of ether oxygens (including phenoxy) is 2. The minimum Gasteiger partial charge on any atom is -0.489 e. The Balaban J connectivity index is 2.35. The number of halogens is 2. The molecule has 7 heteroatoms. The number of hydrogen-bond acceptors (Lipinski definition) is 5. The fraction of sp³-hybridized carbons (Fsp3) is 0.538. The van der Waals surface area contributed by atoms with E-state index >= 15 is 0 Å². The number of aliphatic hydroxyl groups excluding tert-OH is 2. The van der Waals surface area contributed by atoms with Crippen molar-refractivity contribution in [3.05, 3.63) is 28.2 Å². The van der Waals surface area contributed by atoms with Gasteiger partial charge in [0.15, 0.2) is 0 Å². The maximum Gasteiger partial charge on any atom is 0.139 e. The summed E-state index contributed by atoms with van der Waals surface area (Å²) >= 11 is 11.8. The Kier molecular flexibility index (Phi) is 8.21. The zero-order valence-electron chi connectivity index (χ0n) is 11.2. The lowest BCUT2D eigenvalue weighted by Gasteiger charge is -2.18. The average Bonchev–Trinajstić information content (AvgIpc) is 2.44. The van der Waals surface area contributed by atoms with Crippen molar-refractivity contribution >= 4 is 23.2 Å². The van der Waals surface area contributed by atoms with Crippen LogP contribution in [0.1, 0.15) is 0 Å². The molecule has 0 heterocycles. The Morgan fingerprint density at radius 2 is 2.05 bits per heavy atom. The highest BCUT2D eigenvalue weighted by atomic mass is 35.5. The van der Waals surface area contributed by atoms with E-state index < -0.39 is 6.10 Å². The molecule has 0 amide bonds. The molecule has 20 heavy (non-hydrogen) atoms. The van der Waals surface area contributed by atoms with Crippen molar-refractivity contribution in [3.63, 3.8) is 0 Å². The van der Waals surface area contributed by atoms with Gasteiger partial charge in [-0.1, -0.05) is 23.2 Å². The summed E-state index contributed by atoms with van der Waals surface area (Å²) in [5.74, 6) is 0.425. The lowest BCUT2D eigenvalue weighted by molar-refractivity contribution is 0.0854. The Labute approximate surface area is 128 Å². The molecular formula is C13H19Cl2NO4. The van der Waals surface area contributed by atoms with Crippen LogP contribution >= 0.6 is 23.2 Å². The predicted molar refractivity (Wildman–Crippen MR) is 78.7 cm³/mol. The molecule has 0 bridgehead atoms. The summed E-state index contributed by atoms with van der Waals surface area (Å²) < 4.78 is 10.3. The van der Waals surface area contributed by atoms with Gasteiger partial charge in [0.1, 0.15) is 18.5 Å². The van der Waals surface area contributed by atoms with E-state index in [0.29, 0.717) is 22.4 Å². The maximum absolute atomic E-state index is 9.80. The average molecular weight is 324 g/mol. The monoisotopic (exact) mass is 323 g/mol. The summed E-state index contributed by atoms with van der Waals surface area (Å²) in [6, 6.07) is 4.66. The molecule has 0 aromatic heterocycles. The normalized spacial score (nSPS) is 14.1. The summed E-state index contributed by atoms with van der Waals surface area (Å²) in [6.45, 7) is 0.636. The molecule has 0 aliphatic rings. The highest BCUT2D eigenvalue weighted by Crippen LogP contribution is 2.27. The van der Waals surface area contributed by atoms with Gasteiger partial charge in [-0.3, -0.25) is 0 Å². The Hall–Kier alpha value is -0.560. The smallest absolute Gasteiger partial charge is 0.139 e. The molecule has 0 saturated carbocycles. The predicted octanol–water partition coefficient (Wildman–Crippen LogP) is 1.33. The maximum atomic E-state index is 9.80. The standard InChI is InChI=1S/C13H19Cl2NO4/c1-19-7-10(6-17)16-5-11(18)8-20-13-4-9(14)2-3-12(13)15/h2-4,10-11,16-18H,5-8H2,1H3. The van der Waals surface area contributed by atoms with Crippen LogP contribution in [0.15, 0.2) is 18.2 Å². The number of methoxy groups -OCH3 is 1. The van der Waals surface area contributed by atoms with Crippen LogP contribution in [0.25, 0.3) is 0 Å². The first kappa shape index (κ1) is 17.5. The van der Waals surface area contributed by atoms with Crippen LogP contribution in [0.5, 0.6) is 5.75 Å². The minimum absolute atomic E-state index is 0.0677. The molecule has 0 aliphatic heterocycles. The van der Waals surface area contributed by atoms with Crippen LogP contribution in [0.4, 0.5) is 0 Å². The van der Waals surface area contributed by atoms with Crippen LogP contribution in [-0.4, -0.2) is 55.8 Å². The van der Waals surface area contributed by atoms with E-state index in [-0.39, 0.29) is 25.8 Å². The van der Waals surface area contributed by atoms with Gasteiger partial charge in [-0.05, 0) is 12.1 Å². The third-order valence-electron chi connectivity index (χ3n) is 2.55. The van der Waals surface area contributed by atoms with Crippen molar-refractivity contribution in [2.75, 3.05) is 33.5 Å². The molecule has 1 aromatic carbocycles. The molecule has 1 rings (SSSR count). The molecule has 114 valence electrons. The number of nitrogens with one attached hydrogen (secondary N) is 1. The fourth-order valence-electron chi connectivity index (χ4n) is 1.51. The molecule has 0 saturated heterocycles. The van der Waals surface area contributed by atoms with Gasteiger partial charge in [-0.25, -0.2) is 0 Å². The van der Waals surface area contributed by atoms with Gasteiger partial charge >= 0.3 is 0 Å². The molecule has 0 radical (unpaired) electrons. The molecule has 0 aliphatic carbocycles. The first-order valence-corrected chi connectivity index (χ1v) is 6.91. The van der Waals surface area contributed by atoms with Crippen LogP contribution in [0.3, 0.4) is 0 Å². The zero-order valence-corrected chi connectivity index (χ0v) is 12.7. The second-order valence-electron chi connectivity index (χ2n) is 4.28. The number of hydrogen-bond donors (Lipinski definition) is 3. The fourth-order valence-corrected chi connectivity index (χ4v) is 1.85. The van der Waals surface area contributed by atoms with Gasteiger partial charge in [0.05, 0.1) is 24.3 Å². The first-order chi connectivity index (χ1) is 9.56. The first-order valence-electron chi connectivity index (χ1n) is 6.16. The zero-order chi connectivity index (χ0) is 15.0. The second kappa shape index (κ2) is 9.39. The van der Waals surface area contributed by atoms with Gasteiger partial charge in [0, 0.05) is 24.7 Å². The van der Waals surface area contributed by atoms with E-state index in [0.717, 1.165) is 0 Å². The SMILES string of the molecule is COCC(CO)NCC(O)COc1cc(Cl)ccc1Cl. The third-order valence-corrected chi connectivity index (χ3v) is 3.10. The largest absolute Gasteiger partial charge is 0.489 e. The molecule has 0 fully saturated rings. The molecule has 5 nitrogen and oxygen atoms in total. The minimum atomic E-state index is -0.740. The van der Waals surface area contributed by atoms with Crippen LogP contribution in [-0.2, 0) is 4.74 Å². The van der Waals surface area contributed by atoms with E-state index in [4.69, 9.17) is 37.8 Å². The summed E-state index contributed by atoms with van der Waals surface area (Å²) in [4.78, 5) is 0. The Morgan fingerprint density at radius 1 is 1.30 bits per heavy atom. The summed E-state index contributed by atoms with van der Waals surface area (Å²) in [7, 11) is 1.55. The summed E-state index contributed by atoms with van der Waals surface area (Å²) in [5, 5.41) is 22.8. The lowest BCUT2D eigenvalue weighted by atomic mass is 10.3. The van der Waals surface area contributed by atoms with Gasteiger partial charge in [-0.15, -0.1) is 0 Å². The molecule has 2 atom stereocenters. The van der Waals surface area contributed by atoms with Crippen LogP contribution < -0.4 is 10.1 Å². The third kappa shape index (κ3) is 6.26. The van der Waals surface area contributed by atoms with Gasteiger partial charge < -0.3 is 25.0 Å². The highest BCUT2D eigenvalue weighted by Gasteiger charge is 2.11. The quantitative estimate of drug-likeness (QED) is 0.639. The lowest BCUT2D eigenvalue weighted by Crippen LogP contribution is -2.42. The van der Waals surface area contributed by atoms with Gasteiger partial charge in [-0.2, -0.15) is 0 Å². The van der Waals surface area contributed by atoms with Crippen molar-refractivity contribution in [2.45, 2.75) is 12.1 Å². The summed E-state index contributed by atoms with van der Waals surface area (Å²) in [5.41, 5.74) is 0. The van der Waals surface area contributed by atoms with Crippen molar-refractivity contribution in [2.24, 2.45) is 0 Å². The Bertz CT molecular complexity index is 406. The van der Waals surface area contributed by atoms with Crippen LogP contribution in [0.2, 0.25) is 10.0 Å². The van der Waals surface area contributed by atoms with E-state index in [2.05, 4.69) is 5.32 Å². The number of rotatable bonds is 9. The van der Waals surface area contributed by atoms with Crippen molar-refractivity contribution in [1.82, 2.24) is 5.32 Å². The van der Waals surface area contributed by atoms with E-state index in [1.807, 2.05) is 0 Å². The van der Waals surface area contributed by atoms with E-state index in [1.165, 1.54) is 0 Å². The molecule has 2 unspecified atom stereocenters. The van der Waals surface area contributed by atoms with Crippen LogP contribution in [0, 0.1) is 0 Å². The van der Waals surface area contributed by atoms with Crippen molar-refractivity contribution < 1.29 is 19.7 Å². The second-order valence-corrected chi connectivity index (χ2v) is 5.13. The van der Waals surface area contributed by atoms with Gasteiger partial charge in [0.2, 0.25) is 0 Å². The molecule has 3 N–H and O–H groups in total. The van der Waals surface area contributed by atoms with E-state index in [1.54, 1.807) is 25.3 Å². The Morgan fingerprint density at radius 3 is 2.70 bits per heavy atom. The molecule has 0 spiro atoms. The highest BCUT2D eigenvalue weighted by molar-refractivity contribution is 6.34. The van der Waals surface area contributed by atoms with Gasteiger partial charge in [0.25, 0.3) is 0 Å². The van der Waals surface area contributed by atoms with Crippen molar-refractivity contribution in [3.8, 4) is 5.75 Å². The summed E-state index contributed by atoms with van der Waals surface area (Å²) in [6.07, 6.45) is -0.740. The van der Waals surface area contributed by atoms with E-state index in [9.17, 15) is 5.11 Å².